The normalized spacial score (nSPS) is 7.18. The van der Waals surface area contributed by atoms with Gasteiger partial charge in [0.1, 0.15) is 0 Å². The van der Waals surface area contributed by atoms with Crippen molar-refractivity contribution in [3.8, 4) is 0 Å². The molecule has 130 valence electrons. The van der Waals surface area contributed by atoms with Crippen LogP contribution in [0.4, 0.5) is 0 Å². The van der Waals surface area contributed by atoms with Gasteiger partial charge in [0.25, 0.3) is 23.9 Å². The second-order valence-electron chi connectivity index (χ2n) is 2.48. The van der Waals surface area contributed by atoms with Crippen molar-refractivity contribution in [2.24, 2.45) is 0 Å². The molecule has 0 aromatic rings. The fourth-order valence-corrected chi connectivity index (χ4v) is 0. The van der Waals surface area contributed by atoms with E-state index in [1.54, 1.807) is 0 Å². The molecule has 0 saturated heterocycles. The van der Waals surface area contributed by atoms with E-state index < -0.39 is 37.5 Å². The molecule has 22 heavy (non-hydrogen) atoms. The van der Waals surface area contributed by atoms with Crippen molar-refractivity contribution in [1.29, 1.82) is 0 Å². The van der Waals surface area contributed by atoms with Gasteiger partial charge in [0, 0.05) is 27.7 Å². The second-order valence-corrected chi connectivity index (χ2v) is 3.76. The average molecular weight is 563 g/mol. The van der Waals surface area contributed by atoms with Crippen LogP contribution >= 0.6 is 0 Å². The van der Waals surface area contributed by atoms with E-state index in [1.807, 2.05) is 0 Å². The maximum Gasteiger partial charge on any atom is 2.00 e. The number of rotatable bonds is 0. The molecule has 0 aromatic carbocycles. The Hall–Kier alpha value is -1.15. The van der Waals surface area contributed by atoms with Gasteiger partial charge < -0.3 is 20.4 Å². The van der Waals surface area contributed by atoms with Gasteiger partial charge in [0.05, 0.1) is 0 Å². The Bertz CT molecular complexity index is 329. The Morgan fingerprint density at radius 1 is 0.636 bits per heavy atom. The Labute approximate surface area is 147 Å². The van der Waals surface area contributed by atoms with Gasteiger partial charge in [0.15, 0.2) is 0 Å². The fraction of sp³-hybridized carbons (Fsp3) is 0.500. The molecule has 0 saturated carbocycles. The summed E-state index contributed by atoms with van der Waals surface area (Å²) in [7, 11) is 0. The predicted molar refractivity (Wildman–Crippen MR) is 60.4 cm³/mol. The second kappa shape index (κ2) is 24.8. The topological polar surface area (TPSA) is 229 Å². The van der Waals surface area contributed by atoms with Gasteiger partial charge in [-0.1, -0.05) is 0 Å². The zero-order chi connectivity index (χ0) is 18.8. The molecule has 0 atom stereocenters. The molecule has 0 rings (SSSR count). The van der Waals surface area contributed by atoms with Gasteiger partial charge in [-0.2, -0.15) is 0 Å². The summed E-state index contributed by atoms with van der Waals surface area (Å²) in [4.78, 5) is 36.0. The van der Waals surface area contributed by atoms with E-state index >= 15 is 0 Å². The van der Waals surface area contributed by atoms with Crippen molar-refractivity contribution in [1.82, 2.24) is 0 Å². The molecule has 0 aliphatic carbocycles. The maximum atomic E-state index is 9.00. The van der Waals surface area contributed by atoms with Crippen LogP contribution < -0.4 is 8.32 Å². The molecule has 0 aliphatic heterocycles. The predicted octanol–water partition coefficient (Wildman–Crippen LogP) is -2.64. The van der Waals surface area contributed by atoms with Gasteiger partial charge in [-0.15, -0.1) is 0 Å². The molecule has 0 unspecified atom stereocenters. The first-order chi connectivity index (χ1) is 8.93. The number of hydrogen-bond donors (Lipinski definition) is 4. The van der Waals surface area contributed by atoms with Crippen LogP contribution in [0.2, 0.25) is 0 Å². The van der Waals surface area contributed by atoms with E-state index in [0.717, 1.165) is 27.7 Å². The van der Waals surface area contributed by atoms with Crippen LogP contribution in [0.15, 0.2) is 0 Å². The molecular weight excluding hydrogens is 547 g/mol. The quantitative estimate of drug-likeness (QED) is 0.222. The number of aliphatic carboxylic acids is 4. The molecule has 14 heteroatoms. The number of hydrogen-bond acceptors (Lipinski definition) is 8. The molecule has 0 aromatic heterocycles. The van der Waals surface area contributed by atoms with Crippen molar-refractivity contribution in [2.45, 2.75) is 27.7 Å². The Morgan fingerprint density at radius 2 is 0.636 bits per heavy atom. The molecule has 0 spiro atoms. The van der Waals surface area contributed by atoms with E-state index in [-0.39, 0.29) is 27.3 Å². The van der Waals surface area contributed by atoms with Crippen molar-refractivity contribution < 1.29 is 69.1 Å². The van der Waals surface area contributed by atoms with E-state index in [9.17, 15) is 0 Å². The van der Waals surface area contributed by atoms with Gasteiger partial charge in [-0.3, -0.25) is 19.2 Å². The van der Waals surface area contributed by atoms with Crippen molar-refractivity contribution >= 4 is 51.2 Å². The number of carboxylic acids is 4. The van der Waals surface area contributed by atoms with Crippen LogP contribution in [0, 0.1) is 0 Å². The molecule has 4 N–H and O–H groups in total. The Balaban J connectivity index is -0.0000000361. The van der Waals surface area contributed by atoms with E-state index in [0.29, 0.717) is 0 Å². The third kappa shape index (κ3) is 4580. The fourth-order valence-electron chi connectivity index (χ4n) is 0. The molecule has 0 aliphatic rings. The van der Waals surface area contributed by atoms with Crippen LogP contribution in [0.1, 0.15) is 27.7 Å². The summed E-state index contributed by atoms with van der Waals surface area (Å²) in [6.07, 6.45) is 0. The van der Waals surface area contributed by atoms with Gasteiger partial charge >= 0.3 is 56.8 Å². The molecular formula is C8H16CrO12Pb. The van der Waals surface area contributed by atoms with Crippen molar-refractivity contribution in [3.05, 3.63) is 0 Å². The maximum absolute atomic E-state index is 9.00. The van der Waals surface area contributed by atoms with Gasteiger partial charge in [-0.05, 0) is 0 Å². The summed E-state index contributed by atoms with van der Waals surface area (Å²) >= 11 is -5.75. The van der Waals surface area contributed by atoms with Crippen molar-refractivity contribution in [3.63, 3.8) is 0 Å². The van der Waals surface area contributed by atoms with E-state index in [2.05, 4.69) is 0 Å². The first-order valence-electron chi connectivity index (χ1n) is 4.38. The minimum atomic E-state index is -5.75. The largest absolute Gasteiger partial charge is 2.00 e. The zero-order valence-corrected chi connectivity index (χ0v) is 17.1. The van der Waals surface area contributed by atoms with Crippen LogP contribution in [0.25, 0.3) is 0 Å². The van der Waals surface area contributed by atoms with Crippen LogP contribution in [0.5, 0.6) is 0 Å². The zero-order valence-electron chi connectivity index (χ0n) is 12.0. The summed E-state index contributed by atoms with van der Waals surface area (Å²) in [6.45, 7) is 4.33. The molecule has 2 radical (unpaired) electrons. The van der Waals surface area contributed by atoms with Crippen LogP contribution in [-0.4, -0.2) is 71.6 Å². The summed E-state index contributed by atoms with van der Waals surface area (Å²) in [5.74, 6) is -3.33. The van der Waals surface area contributed by atoms with Gasteiger partial charge in [-0.25, -0.2) is 0 Å². The molecule has 12 nitrogen and oxygen atoms in total. The first kappa shape index (κ1) is 37.3. The average Bonchev–Trinajstić information content (AvgIpc) is 1.91. The summed E-state index contributed by atoms with van der Waals surface area (Å²) < 4.78 is 34.4. The number of carbonyl (C=O) groups is 4. The summed E-state index contributed by atoms with van der Waals surface area (Å²) in [5, 5.41) is 29.7. The van der Waals surface area contributed by atoms with E-state index in [4.69, 9.17) is 55.5 Å². The van der Waals surface area contributed by atoms with Crippen LogP contribution in [0.3, 0.4) is 0 Å². The third-order valence-corrected chi connectivity index (χ3v) is 0. The van der Waals surface area contributed by atoms with Crippen molar-refractivity contribution in [2.75, 3.05) is 0 Å². The molecule has 0 fully saturated rings. The Kier molecular flexibility index (Phi) is 42.1. The summed E-state index contributed by atoms with van der Waals surface area (Å²) in [6, 6.07) is 0. The smallest absolute Gasteiger partial charge is 2.00 e. The Morgan fingerprint density at radius 3 is 0.636 bits per heavy atom. The minimum Gasteiger partial charge on any atom is 2.00 e. The molecule has 0 amide bonds. The minimum absolute atomic E-state index is 0. The summed E-state index contributed by atoms with van der Waals surface area (Å²) in [5.41, 5.74) is 0. The van der Waals surface area contributed by atoms with Gasteiger partial charge in [0.2, 0.25) is 0 Å². The number of carboxylic acid groups (broad SMARTS) is 4. The monoisotopic (exact) mass is 564 g/mol. The standard InChI is InChI=1S/4C2H4O2.Cr.4O.Pb/c4*1-2(3)4;;;;;;/h4*1H3,(H,3,4);;;;;;/q;;;;;;;2*-1;+2. The first-order valence-corrected chi connectivity index (χ1v) is 6.46. The molecule has 0 bridgehead atoms. The SMILES string of the molecule is CC(=O)O.CC(=O)O.CC(=O)O.CC(=O)O.[O]=[Cr](=[O])([O-])[O-].[Pb+2]. The van der Waals surface area contributed by atoms with E-state index in [1.165, 1.54) is 0 Å². The van der Waals surface area contributed by atoms with Crippen LogP contribution in [-0.2, 0) is 40.4 Å². The third-order valence-electron chi connectivity index (χ3n) is 0. The molecule has 0 heterocycles.